The first-order valence-corrected chi connectivity index (χ1v) is 5.91. The number of nitrogens with two attached hydrogens (primary N) is 1. The van der Waals surface area contributed by atoms with E-state index in [1.54, 1.807) is 6.92 Å². The minimum Gasteiger partial charge on any atom is -0.392 e. The van der Waals surface area contributed by atoms with Gasteiger partial charge in [0.2, 0.25) is 0 Å². The molecular weight excluding hydrogens is 277 g/mol. The zero-order valence-corrected chi connectivity index (χ0v) is 11.0. The van der Waals surface area contributed by atoms with E-state index < -0.39 is 17.6 Å². The van der Waals surface area contributed by atoms with E-state index >= 15 is 0 Å². The van der Waals surface area contributed by atoms with Crippen LogP contribution in [-0.2, 0) is 6.18 Å². The van der Waals surface area contributed by atoms with Crippen molar-refractivity contribution in [3.63, 3.8) is 0 Å². The average Bonchev–Trinajstić information content (AvgIpc) is 2.34. The molecule has 0 fully saturated rings. The first-order valence-electron chi connectivity index (χ1n) is 5.50. The van der Waals surface area contributed by atoms with Crippen LogP contribution in [0.3, 0.4) is 0 Å². The van der Waals surface area contributed by atoms with Crippen molar-refractivity contribution < 1.29 is 18.0 Å². The number of hydrogen-bond acceptors (Lipinski definition) is 2. The molecule has 2 N–H and O–H groups in total. The fourth-order valence-electron chi connectivity index (χ4n) is 1.53. The number of benzene rings is 1. The third kappa shape index (κ3) is 4.20. The summed E-state index contributed by atoms with van der Waals surface area (Å²) in [5.74, 6) is -0.526. The SMILES string of the molecule is CCN(CC(N)=S)C(=O)c1cccc(C(F)(F)F)c1. The summed E-state index contributed by atoms with van der Waals surface area (Å²) in [5, 5.41) is 0. The van der Waals surface area contributed by atoms with Crippen molar-refractivity contribution in [3.8, 4) is 0 Å². The Hall–Kier alpha value is -1.63. The molecular formula is C12H13F3N2OS. The smallest absolute Gasteiger partial charge is 0.392 e. The number of halogens is 3. The molecule has 104 valence electrons. The lowest BCUT2D eigenvalue weighted by Gasteiger charge is -2.20. The average molecular weight is 290 g/mol. The van der Waals surface area contributed by atoms with Crippen LogP contribution in [0.4, 0.5) is 13.2 Å². The predicted molar refractivity (Wildman–Crippen MR) is 69.8 cm³/mol. The Kier molecular flexibility index (Phi) is 4.88. The maximum Gasteiger partial charge on any atom is 0.416 e. The summed E-state index contributed by atoms with van der Waals surface area (Å²) in [6, 6.07) is 4.27. The van der Waals surface area contributed by atoms with Gasteiger partial charge in [0.05, 0.1) is 17.1 Å². The Labute approximate surface area is 114 Å². The van der Waals surface area contributed by atoms with E-state index in [1.165, 1.54) is 17.0 Å². The van der Waals surface area contributed by atoms with Crippen LogP contribution in [0.5, 0.6) is 0 Å². The highest BCUT2D eigenvalue weighted by molar-refractivity contribution is 7.80. The molecule has 0 radical (unpaired) electrons. The van der Waals surface area contributed by atoms with Gasteiger partial charge in [0.25, 0.3) is 5.91 Å². The molecule has 7 heteroatoms. The summed E-state index contributed by atoms with van der Waals surface area (Å²) >= 11 is 4.70. The number of thiocarbonyl (C=S) groups is 1. The lowest BCUT2D eigenvalue weighted by Crippen LogP contribution is -2.37. The Bertz CT molecular complexity index is 488. The number of rotatable bonds is 4. The van der Waals surface area contributed by atoms with Gasteiger partial charge in [0.1, 0.15) is 0 Å². The second-order valence-electron chi connectivity index (χ2n) is 3.86. The summed E-state index contributed by atoms with van der Waals surface area (Å²) in [7, 11) is 0. The van der Waals surface area contributed by atoms with Gasteiger partial charge in [-0.1, -0.05) is 18.3 Å². The summed E-state index contributed by atoms with van der Waals surface area (Å²) in [6.07, 6.45) is -4.48. The number of alkyl halides is 3. The number of amides is 1. The highest BCUT2D eigenvalue weighted by Gasteiger charge is 2.31. The maximum atomic E-state index is 12.6. The predicted octanol–water partition coefficient (Wildman–Crippen LogP) is 2.45. The van der Waals surface area contributed by atoms with Crippen molar-refractivity contribution in [1.29, 1.82) is 0 Å². The van der Waals surface area contributed by atoms with Crippen LogP contribution >= 0.6 is 12.2 Å². The van der Waals surface area contributed by atoms with Crippen LogP contribution in [0.1, 0.15) is 22.8 Å². The van der Waals surface area contributed by atoms with Crippen LogP contribution in [-0.4, -0.2) is 28.9 Å². The van der Waals surface area contributed by atoms with Crippen molar-refractivity contribution >= 4 is 23.1 Å². The third-order valence-electron chi connectivity index (χ3n) is 2.45. The molecule has 0 atom stereocenters. The van der Waals surface area contributed by atoms with Gasteiger partial charge in [-0.25, -0.2) is 0 Å². The van der Waals surface area contributed by atoms with Gasteiger partial charge in [-0.2, -0.15) is 13.2 Å². The molecule has 0 unspecified atom stereocenters. The topological polar surface area (TPSA) is 46.3 Å². The fraction of sp³-hybridized carbons (Fsp3) is 0.333. The lowest BCUT2D eigenvalue weighted by molar-refractivity contribution is -0.137. The monoisotopic (exact) mass is 290 g/mol. The van der Waals surface area contributed by atoms with Gasteiger partial charge in [0, 0.05) is 12.1 Å². The molecule has 1 aromatic carbocycles. The number of likely N-dealkylation sites (N-methyl/N-ethyl adjacent to an activating group) is 1. The largest absolute Gasteiger partial charge is 0.416 e. The molecule has 0 aromatic heterocycles. The van der Waals surface area contributed by atoms with Crippen molar-refractivity contribution in [2.75, 3.05) is 13.1 Å². The van der Waals surface area contributed by atoms with Crippen molar-refractivity contribution in [2.24, 2.45) is 5.73 Å². The summed E-state index contributed by atoms with van der Waals surface area (Å²) < 4.78 is 37.7. The zero-order chi connectivity index (χ0) is 14.6. The van der Waals surface area contributed by atoms with Gasteiger partial charge in [-0.15, -0.1) is 0 Å². The van der Waals surface area contributed by atoms with E-state index in [4.69, 9.17) is 18.0 Å². The molecule has 0 aliphatic rings. The molecule has 1 rings (SSSR count). The first kappa shape index (κ1) is 15.4. The van der Waals surface area contributed by atoms with Crippen LogP contribution in [0, 0.1) is 0 Å². The highest BCUT2D eigenvalue weighted by Crippen LogP contribution is 2.29. The lowest BCUT2D eigenvalue weighted by atomic mass is 10.1. The molecule has 0 saturated carbocycles. The van der Waals surface area contributed by atoms with Crippen LogP contribution in [0.15, 0.2) is 24.3 Å². The Morgan fingerprint density at radius 3 is 2.53 bits per heavy atom. The van der Waals surface area contributed by atoms with E-state index in [1.807, 2.05) is 0 Å². The number of hydrogen-bond donors (Lipinski definition) is 1. The van der Waals surface area contributed by atoms with Gasteiger partial charge >= 0.3 is 6.18 Å². The molecule has 0 bridgehead atoms. The standard InChI is InChI=1S/C12H13F3N2OS/c1-2-17(7-10(16)19)11(18)8-4-3-5-9(6-8)12(13,14)15/h3-6H,2,7H2,1H3,(H2,16,19). The summed E-state index contributed by atoms with van der Waals surface area (Å²) in [6.45, 7) is 2.05. The quantitative estimate of drug-likeness (QED) is 0.866. The minimum absolute atomic E-state index is 0.0343. The molecule has 1 aromatic rings. The van der Waals surface area contributed by atoms with Gasteiger partial charge in [0.15, 0.2) is 0 Å². The molecule has 0 saturated heterocycles. The van der Waals surface area contributed by atoms with E-state index in [2.05, 4.69) is 0 Å². The molecule has 0 heterocycles. The molecule has 0 aliphatic heterocycles. The van der Waals surface area contributed by atoms with E-state index in [0.717, 1.165) is 12.1 Å². The summed E-state index contributed by atoms with van der Waals surface area (Å²) in [4.78, 5) is 13.4. The number of nitrogens with zero attached hydrogens (tertiary/aromatic N) is 1. The highest BCUT2D eigenvalue weighted by atomic mass is 32.1. The van der Waals surface area contributed by atoms with Gasteiger partial charge < -0.3 is 10.6 Å². The van der Waals surface area contributed by atoms with E-state index in [0.29, 0.717) is 6.54 Å². The Morgan fingerprint density at radius 2 is 2.05 bits per heavy atom. The van der Waals surface area contributed by atoms with Gasteiger partial charge in [-0.05, 0) is 25.1 Å². The van der Waals surface area contributed by atoms with Crippen LogP contribution in [0.2, 0.25) is 0 Å². The first-order chi connectivity index (χ1) is 8.75. The van der Waals surface area contributed by atoms with E-state index in [-0.39, 0.29) is 17.1 Å². The molecule has 1 amide bonds. The second-order valence-corrected chi connectivity index (χ2v) is 4.39. The van der Waals surface area contributed by atoms with E-state index in [9.17, 15) is 18.0 Å². The molecule has 0 spiro atoms. The second kappa shape index (κ2) is 6.01. The molecule has 19 heavy (non-hydrogen) atoms. The number of carbonyl (C=O) groups excluding carboxylic acids is 1. The van der Waals surface area contributed by atoms with Crippen molar-refractivity contribution in [1.82, 2.24) is 4.90 Å². The van der Waals surface area contributed by atoms with Crippen LogP contribution in [0.25, 0.3) is 0 Å². The minimum atomic E-state index is -4.48. The molecule has 3 nitrogen and oxygen atoms in total. The summed E-state index contributed by atoms with van der Waals surface area (Å²) in [5.41, 5.74) is 4.45. The zero-order valence-electron chi connectivity index (χ0n) is 10.2. The third-order valence-corrected chi connectivity index (χ3v) is 2.58. The Balaban J connectivity index is 3.02. The normalized spacial score (nSPS) is 11.2. The number of carbonyl (C=O) groups is 1. The van der Waals surface area contributed by atoms with Crippen molar-refractivity contribution in [2.45, 2.75) is 13.1 Å². The Morgan fingerprint density at radius 1 is 1.42 bits per heavy atom. The van der Waals surface area contributed by atoms with Crippen molar-refractivity contribution in [3.05, 3.63) is 35.4 Å². The van der Waals surface area contributed by atoms with Gasteiger partial charge in [-0.3, -0.25) is 4.79 Å². The fourth-order valence-corrected chi connectivity index (χ4v) is 1.68. The maximum absolute atomic E-state index is 12.6. The molecule has 0 aliphatic carbocycles. The van der Waals surface area contributed by atoms with Crippen LogP contribution < -0.4 is 5.73 Å².